The van der Waals surface area contributed by atoms with Gasteiger partial charge < -0.3 is 0 Å². The zero-order valence-electron chi connectivity index (χ0n) is 17.1. The van der Waals surface area contributed by atoms with Crippen LogP contribution in [0.3, 0.4) is 0 Å². The highest BCUT2D eigenvalue weighted by Crippen LogP contribution is 2.59. The molecule has 3 aliphatic rings. The van der Waals surface area contributed by atoms with Gasteiger partial charge in [-0.15, -0.1) is 0 Å². The second kappa shape index (κ2) is 6.48. The third kappa shape index (κ3) is 2.44. The van der Waals surface area contributed by atoms with Crippen LogP contribution in [0.5, 0.6) is 0 Å². The summed E-state index contributed by atoms with van der Waals surface area (Å²) in [6, 6.07) is 18.3. The molecule has 0 amide bonds. The van der Waals surface area contributed by atoms with Gasteiger partial charge in [0.05, 0.1) is 5.41 Å². The summed E-state index contributed by atoms with van der Waals surface area (Å²) in [4.78, 5) is 0. The van der Waals surface area contributed by atoms with Crippen molar-refractivity contribution in [3.63, 3.8) is 0 Å². The van der Waals surface area contributed by atoms with Crippen LogP contribution in [-0.2, 0) is 5.41 Å². The van der Waals surface area contributed by atoms with Gasteiger partial charge in [-0.1, -0.05) is 98.3 Å². The molecule has 3 unspecified atom stereocenters. The molecule has 0 spiro atoms. The van der Waals surface area contributed by atoms with E-state index in [0.29, 0.717) is 11.8 Å². The van der Waals surface area contributed by atoms with Crippen LogP contribution in [0.4, 0.5) is 0 Å². The van der Waals surface area contributed by atoms with Gasteiger partial charge in [-0.3, -0.25) is 0 Å². The van der Waals surface area contributed by atoms with E-state index >= 15 is 0 Å². The molecule has 0 nitrogen and oxygen atoms in total. The number of hydrogen-bond donors (Lipinski definition) is 0. The number of hydrogen-bond acceptors (Lipinski definition) is 0. The lowest BCUT2D eigenvalue weighted by Gasteiger charge is -2.37. The Hall–Kier alpha value is -2.60. The molecule has 0 bridgehead atoms. The van der Waals surface area contributed by atoms with Gasteiger partial charge in [-0.25, -0.2) is 0 Å². The first-order valence-corrected chi connectivity index (χ1v) is 10.6. The largest absolute Gasteiger partial charge is 0.0811 e. The van der Waals surface area contributed by atoms with Crippen molar-refractivity contribution in [2.24, 2.45) is 11.8 Å². The van der Waals surface area contributed by atoms with Gasteiger partial charge in [0.2, 0.25) is 0 Å². The van der Waals surface area contributed by atoms with E-state index in [9.17, 15) is 0 Å². The summed E-state index contributed by atoms with van der Waals surface area (Å²) in [5, 5.41) is 0. The zero-order valence-corrected chi connectivity index (χ0v) is 17.1. The standard InChI is InChI=1S/C28H28/c1-19-8-13-22(14-9-19)28(23-15-10-20(2)11-16-23)26-7-5-4-6-24(26)25-17-12-21(3)18-27(25)28/h4-10,13-18,20-21H,11-12H2,1-3H3. The van der Waals surface area contributed by atoms with E-state index in [1.165, 1.54) is 39.0 Å². The van der Waals surface area contributed by atoms with Crippen LogP contribution in [0.2, 0.25) is 0 Å². The maximum Gasteiger partial charge on any atom is 0.0707 e. The molecule has 0 fully saturated rings. The Labute approximate surface area is 169 Å². The molecule has 140 valence electrons. The van der Waals surface area contributed by atoms with Crippen molar-refractivity contribution in [3.05, 3.63) is 112 Å². The first-order valence-electron chi connectivity index (χ1n) is 10.6. The van der Waals surface area contributed by atoms with E-state index in [1.54, 1.807) is 0 Å². The minimum atomic E-state index is -0.193. The molecule has 3 atom stereocenters. The van der Waals surface area contributed by atoms with Crippen molar-refractivity contribution in [2.45, 2.75) is 39.0 Å². The molecule has 2 aromatic carbocycles. The fourth-order valence-corrected chi connectivity index (χ4v) is 5.23. The molecule has 0 radical (unpaired) electrons. The molecule has 2 aromatic rings. The Bertz CT molecular complexity index is 1040. The van der Waals surface area contributed by atoms with Crippen molar-refractivity contribution in [3.8, 4) is 0 Å². The van der Waals surface area contributed by atoms with Crippen LogP contribution >= 0.6 is 0 Å². The molecule has 0 saturated carbocycles. The normalized spacial score (nSPS) is 28.2. The fraction of sp³-hybridized carbons (Fsp3) is 0.286. The molecule has 0 aliphatic heterocycles. The number of allylic oxidation sites excluding steroid dienone is 8. The van der Waals surface area contributed by atoms with Crippen LogP contribution in [0, 0.1) is 18.8 Å². The maximum absolute atomic E-state index is 2.54. The SMILES string of the molecule is Cc1ccc(C2(C3=CCC(C)C=C3)C3=CC(C)CC=C3c3ccccc32)cc1. The van der Waals surface area contributed by atoms with Gasteiger partial charge in [0.15, 0.2) is 0 Å². The fourth-order valence-electron chi connectivity index (χ4n) is 5.23. The van der Waals surface area contributed by atoms with Crippen LogP contribution in [0.1, 0.15) is 48.9 Å². The van der Waals surface area contributed by atoms with Crippen LogP contribution < -0.4 is 0 Å². The number of aryl methyl sites for hydroxylation is 1. The molecule has 0 N–H and O–H groups in total. The second-order valence-electron chi connectivity index (χ2n) is 8.80. The highest BCUT2D eigenvalue weighted by atomic mass is 14.5. The molecule has 3 aliphatic carbocycles. The third-order valence-corrected chi connectivity index (χ3v) is 6.69. The second-order valence-corrected chi connectivity index (χ2v) is 8.80. The average molecular weight is 365 g/mol. The van der Waals surface area contributed by atoms with E-state index in [-0.39, 0.29) is 5.41 Å². The summed E-state index contributed by atoms with van der Waals surface area (Å²) in [6.07, 6.45) is 14.5. The summed E-state index contributed by atoms with van der Waals surface area (Å²) in [7, 11) is 0. The van der Waals surface area contributed by atoms with E-state index in [4.69, 9.17) is 0 Å². The number of benzene rings is 2. The van der Waals surface area contributed by atoms with Crippen LogP contribution in [0.25, 0.3) is 5.57 Å². The highest BCUT2D eigenvalue weighted by molar-refractivity contribution is 5.95. The minimum absolute atomic E-state index is 0.193. The maximum atomic E-state index is 2.54. The molecular formula is C28H28. The van der Waals surface area contributed by atoms with Crippen molar-refractivity contribution in [1.29, 1.82) is 0 Å². The van der Waals surface area contributed by atoms with Gasteiger partial charge in [-0.2, -0.15) is 0 Å². The molecular weight excluding hydrogens is 336 g/mol. The van der Waals surface area contributed by atoms with E-state index in [1.807, 2.05) is 0 Å². The molecule has 0 heteroatoms. The zero-order chi connectivity index (χ0) is 19.3. The van der Waals surface area contributed by atoms with Crippen molar-refractivity contribution >= 4 is 5.57 Å². The number of fused-ring (bicyclic) bond motifs is 3. The number of rotatable bonds is 2. The Balaban J connectivity index is 1.87. The quantitative estimate of drug-likeness (QED) is 0.530. The predicted octanol–water partition coefficient (Wildman–Crippen LogP) is 7.17. The minimum Gasteiger partial charge on any atom is -0.0811 e. The Morgan fingerprint density at radius 1 is 0.857 bits per heavy atom. The molecule has 5 rings (SSSR count). The van der Waals surface area contributed by atoms with Crippen LogP contribution in [-0.4, -0.2) is 0 Å². The van der Waals surface area contributed by atoms with Gasteiger partial charge >= 0.3 is 0 Å². The molecule has 28 heavy (non-hydrogen) atoms. The average Bonchev–Trinajstić information content (AvgIpc) is 3.00. The Kier molecular flexibility index (Phi) is 4.05. The lowest BCUT2D eigenvalue weighted by molar-refractivity contribution is 0.670. The van der Waals surface area contributed by atoms with Crippen LogP contribution in [0.15, 0.2) is 90.1 Å². The molecule has 0 saturated heterocycles. The van der Waals surface area contributed by atoms with Gasteiger partial charge in [0, 0.05) is 0 Å². The molecule has 0 aromatic heterocycles. The van der Waals surface area contributed by atoms with Crippen molar-refractivity contribution in [1.82, 2.24) is 0 Å². The molecule has 0 heterocycles. The smallest absolute Gasteiger partial charge is 0.0707 e. The Morgan fingerprint density at radius 2 is 1.61 bits per heavy atom. The lowest BCUT2D eigenvalue weighted by Crippen LogP contribution is -2.30. The monoisotopic (exact) mass is 364 g/mol. The lowest BCUT2D eigenvalue weighted by atomic mass is 9.64. The Morgan fingerprint density at radius 3 is 2.36 bits per heavy atom. The van der Waals surface area contributed by atoms with Gasteiger partial charge in [0.25, 0.3) is 0 Å². The first-order chi connectivity index (χ1) is 13.6. The highest BCUT2D eigenvalue weighted by Gasteiger charge is 2.49. The predicted molar refractivity (Wildman–Crippen MR) is 119 cm³/mol. The summed E-state index contributed by atoms with van der Waals surface area (Å²) >= 11 is 0. The van der Waals surface area contributed by atoms with E-state index < -0.39 is 0 Å². The summed E-state index contributed by atoms with van der Waals surface area (Å²) in [5.74, 6) is 1.19. The van der Waals surface area contributed by atoms with E-state index in [2.05, 4.69) is 99.7 Å². The van der Waals surface area contributed by atoms with Crippen molar-refractivity contribution in [2.75, 3.05) is 0 Å². The van der Waals surface area contributed by atoms with Gasteiger partial charge in [0.1, 0.15) is 0 Å². The topological polar surface area (TPSA) is 0 Å². The third-order valence-electron chi connectivity index (χ3n) is 6.69. The van der Waals surface area contributed by atoms with E-state index in [0.717, 1.165) is 12.8 Å². The van der Waals surface area contributed by atoms with Crippen molar-refractivity contribution < 1.29 is 0 Å². The summed E-state index contributed by atoms with van der Waals surface area (Å²) in [5.41, 5.74) is 9.73. The summed E-state index contributed by atoms with van der Waals surface area (Å²) < 4.78 is 0. The van der Waals surface area contributed by atoms with Gasteiger partial charge in [-0.05, 0) is 65.0 Å². The first kappa shape index (κ1) is 17.5. The summed E-state index contributed by atoms with van der Waals surface area (Å²) in [6.45, 7) is 6.82.